The molecule has 2 saturated carbocycles. The molecular weight excluding hydrogens is 410 g/mol. The second-order valence-corrected chi connectivity index (χ2v) is 8.25. The number of halogens is 2. The van der Waals surface area contributed by atoms with Gasteiger partial charge in [0, 0.05) is 31.0 Å². The van der Waals surface area contributed by atoms with Crippen LogP contribution >= 0.6 is 0 Å². The number of amides is 1. The number of aromatic hydroxyl groups is 1. The minimum absolute atomic E-state index is 0.00155. The highest BCUT2D eigenvalue weighted by molar-refractivity contribution is 5.96. The number of nitrogens with one attached hydrogen (secondary N) is 1. The molecule has 0 spiro atoms. The zero-order chi connectivity index (χ0) is 22.2. The number of nitrogens with zero attached hydrogens (tertiary/aromatic N) is 3. The van der Waals surface area contributed by atoms with Crippen molar-refractivity contribution in [1.29, 1.82) is 0 Å². The molecule has 10 heteroatoms. The predicted octanol–water partition coefficient (Wildman–Crippen LogP) is 2.93. The van der Waals surface area contributed by atoms with Gasteiger partial charge < -0.3 is 15.2 Å². The normalized spacial score (nSPS) is 19.2. The summed E-state index contributed by atoms with van der Waals surface area (Å²) in [6, 6.07) is -0.00155. The fraction of sp³-hybridized carbons (Fsp3) is 0.571. The number of ether oxygens (including phenoxy) is 1. The van der Waals surface area contributed by atoms with Crippen LogP contribution in [0.5, 0.6) is 5.88 Å². The van der Waals surface area contributed by atoms with Crippen molar-refractivity contribution < 1.29 is 23.4 Å². The van der Waals surface area contributed by atoms with E-state index in [2.05, 4.69) is 10.4 Å². The van der Waals surface area contributed by atoms with Crippen molar-refractivity contribution in [3.05, 3.63) is 33.9 Å². The average molecular weight is 436 g/mol. The summed E-state index contributed by atoms with van der Waals surface area (Å²) in [7, 11) is 0. The summed E-state index contributed by atoms with van der Waals surface area (Å²) >= 11 is 0. The second-order valence-electron chi connectivity index (χ2n) is 8.25. The molecule has 2 aliphatic carbocycles. The fourth-order valence-corrected chi connectivity index (χ4v) is 3.94. The topological polar surface area (TPSA) is 97.9 Å². The van der Waals surface area contributed by atoms with Crippen molar-refractivity contribution in [1.82, 2.24) is 19.5 Å². The van der Waals surface area contributed by atoms with Crippen LogP contribution in [0.25, 0.3) is 11.7 Å². The lowest BCUT2D eigenvalue weighted by Gasteiger charge is -2.29. The Morgan fingerprint density at radius 3 is 2.71 bits per heavy atom. The zero-order valence-corrected chi connectivity index (χ0v) is 17.3. The molecule has 2 heterocycles. The molecule has 0 saturated heterocycles. The highest BCUT2D eigenvalue weighted by Gasteiger charge is 2.36. The Bertz CT molecular complexity index is 1060. The third-order valence-corrected chi connectivity index (χ3v) is 5.84. The number of aromatic nitrogens is 3. The molecule has 2 aliphatic rings. The van der Waals surface area contributed by atoms with E-state index in [9.17, 15) is 23.5 Å². The lowest BCUT2D eigenvalue weighted by Crippen LogP contribution is -2.37. The Labute approximate surface area is 177 Å². The standard InChI is InChI=1S/C21H26F2N4O4/c1-2-31-10-7-14-11-24-27-18(14)26(12-13-5-8-21(22,23)9-6-13)19(29)16(20(27)30)17(28)25-15-3-4-15/h7,10-11,13,15,30H,2-6,8-9,12H2,1H3,(H,25,28)/b10-7+. The summed E-state index contributed by atoms with van der Waals surface area (Å²) in [4.78, 5) is 26.0. The van der Waals surface area contributed by atoms with Gasteiger partial charge in [0.2, 0.25) is 11.8 Å². The summed E-state index contributed by atoms with van der Waals surface area (Å²) < 4.78 is 34.9. The summed E-state index contributed by atoms with van der Waals surface area (Å²) in [5, 5.41) is 17.6. The minimum atomic E-state index is -2.68. The third-order valence-electron chi connectivity index (χ3n) is 5.84. The Hall–Kier alpha value is -2.91. The van der Waals surface area contributed by atoms with E-state index in [4.69, 9.17) is 4.74 Å². The molecule has 2 aromatic heterocycles. The Kier molecular flexibility index (Phi) is 5.72. The minimum Gasteiger partial charge on any atom is -0.501 e. The number of carbonyl (C=O) groups is 1. The summed E-state index contributed by atoms with van der Waals surface area (Å²) in [5.41, 5.74) is -0.245. The van der Waals surface area contributed by atoms with Crippen molar-refractivity contribution in [3.8, 4) is 5.88 Å². The van der Waals surface area contributed by atoms with Crippen molar-refractivity contribution in [2.45, 2.75) is 64.0 Å². The van der Waals surface area contributed by atoms with Crippen LogP contribution in [0.2, 0.25) is 0 Å². The molecule has 0 aliphatic heterocycles. The molecule has 1 amide bonds. The van der Waals surface area contributed by atoms with Gasteiger partial charge in [0.05, 0.1) is 19.1 Å². The van der Waals surface area contributed by atoms with Gasteiger partial charge in [-0.25, -0.2) is 8.78 Å². The van der Waals surface area contributed by atoms with Gasteiger partial charge in [-0.15, -0.1) is 0 Å². The molecule has 2 fully saturated rings. The van der Waals surface area contributed by atoms with Gasteiger partial charge in [-0.05, 0) is 44.6 Å². The monoisotopic (exact) mass is 436 g/mol. The van der Waals surface area contributed by atoms with E-state index in [0.717, 1.165) is 17.4 Å². The van der Waals surface area contributed by atoms with Crippen molar-refractivity contribution in [2.75, 3.05) is 6.61 Å². The number of rotatable bonds is 7. The van der Waals surface area contributed by atoms with Gasteiger partial charge in [0.15, 0.2) is 5.56 Å². The lowest BCUT2D eigenvalue weighted by atomic mass is 9.86. The highest BCUT2D eigenvalue weighted by atomic mass is 19.3. The van der Waals surface area contributed by atoms with Crippen LogP contribution in [-0.4, -0.2) is 43.8 Å². The number of hydrogen-bond donors (Lipinski definition) is 2. The molecule has 4 rings (SSSR count). The van der Waals surface area contributed by atoms with Gasteiger partial charge >= 0.3 is 0 Å². The molecule has 0 atom stereocenters. The van der Waals surface area contributed by atoms with E-state index in [1.165, 1.54) is 17.0 Å². The molecule has 0 aromatic carbocycles. The number of carbonyl (C=O) groups excluding carboxylic acids is 1. The molecule has 0 bridgehead atoms. The van der Waals surface area contributed by atoms with E-state index < -0.39 is 23.3 Å². The fourth-order valence-electron chi connectivity index (χ4n) is 3.94. The number of hydrogen-bond acceptors (Lipinski definition) is 5. The first-order valence-corrected chi connectivity index (χ1v) is 10.6. The maximum atomic E-state index is 13.6. The second kappa shape index (κ2) is 8.32. The first-order valence-electron chi connectivity index (χ1n) is 10.6. The Morgan fingerprint density at radius 1 is 1.35 bits per heavy atom. The lowest BCUT2D eigenvalue weighted by molar-refractivity contribution is -0.0473. The van der Waals surface area contributed by atoms with Crippen molar-refractivity contribution in [3.63, 3.8) is 0 Å². The Morgan fingerprint density at radius 2 is 2.06 bits per heavy atom. The third kappa shape index (κ3) is 4.42. The molecular formula is C21H26F2N4O4. The molecule has 0 radical (unpaired) electrons. The molecule has 2 N–H and O–H groups in total. The maximum absolute atomic E-state index is 13.6. The van der Waals surface area contributed by atoms with E-state index >= 15 is 0 Å². The van der Waals surface area contributed by atoms with Crippen LogP contribution in [0, 0.1) is 5.92 Å². The largest absolute Gasteiger partial charge is 0.501 e. The van der Waals surface area contributed by atoms with E-state index in [1.54, 1.807) is 6.08 Å². The highest BCUT2D eigenvalue weighted by Crippen LogP contribution is 2.37. The van der Waals surface area contributed by atoms with E-state index in [-0.39, 0.29) is 49.8 Å². The van der Waals surface area contributed by atoms with Crippen molar-refractivity contribution in [2.24, 2.45) is 5.92 Å². The van der Waals surface area contributed by atoms with Gasteiger partial charge in [-0.2, -0.15) is 9.61 Å². The van der Waals surface area contributed by atoms with E-state index in [0.29, 0.717) is 17.8 Å². The van der Waals surface area contributed by atoms with Crippen LogP contribution in [0.15, 0.2) is 17.3 Å². The quantitative estimate of drug-likeness (QED) is 0.651. The first-order chi connectivity index (χ1) is 14.8. The van der Waals surface area contributed by atoms with E-state index in [1.807, 2.05) is 6.92 Å². The van der Waals surface area contributed by atoms with Crippen LogP contribution < -0.4 is 10.9 Å². The predicted molar refractivity (Wildman–Crippen MR) is 109 cm³/mol. The molecule has 0 unspecified atom stereocenters. The SMILES string of the molecule is CCO/C=C/c1cnn2c(O)c(C(=O)NC3CC3)c(=O)n(CC3CCC(F)(F)CC3)c12. The van der Waals surface area contributed by atoms with Crippen LogP contribution in [0.3, 0.4) is 0 Å². The summed E-state index contributed by atoms with van der Waals surface area (Å²) in [6.45, 7) is 2.44. The summed E-state index contributed by atoms with van der Waals surface area (Å²) in [5.74, 6) is -4.02. The van der Waals surface area contributed by atoms with Crippen LogP contribution in [0.1, 0.15) is 61.4 Å². The smallest absolute Gasteiger partial charge is 0.270 e. The Balaban J connectivity index is 1.78. The van der Waals surface area contributed by atoms with Crippen molar-refractivity contribution >= 4 is 17.6 Å². The molecule has 2 aromatic rings. The van der Waals surface area contributed by atoms with Gasteiger partial charge in [0.1, 0.15) is 5.65 Å². The zero-order valence-electron chi connectivity index (χ0n) is 17.3. The summed E-state index contributed by atoms with van der Waals surface area (Å²) in [6.07, 6.45) is 6.26. The average Bonchev–Trinajstić information content (AvgIpc) is 3.43. The van der Waals surface area contributed by atoms with Crippen LogP contribution in [0.4, 0.5) is 8.78 Å². The molecule has 8 nitrogen and oxygen atoms in total. The maximum Gasteiger partial charge on any atom is 0.270 e. The number of alkyl halides is 2. The first kappa shape index (κ1) is 21.3. The molecule has 168 valence electrons. The number of fused-ring (bicyclic) bond motifs is 1. The van der Waals surface area contributed by atoms with Gasteiger partial charge in [0.25, 0.3) is 11.5 Å². The molecule has 31 heavy (non-hydrogen) atoms. The van der Waals surface area contributed by atoms with Crippen LogP contribution in [-0.2, 0) is 11.3 Å². The van der Waals surface area contributed by atoms with Gasteiger partial charge in [-0.1, -0.05) is 0 Å². The van der Waals surface area contributed by atoms with Gasteiger partial charge in [-0.3, -0.25) is 14.2 Å².